The highest BCUT2D eigenvalue weighted by Gasteiger charge is 2.52. The monoisotopic (exact) mass is 469 g/mol. The van der Waals surface area contributed by atoms with Gasteiger partial charge in [0, 0.05) is 26.2 Å². The number of nitrogens with zero attached hydrogens (tertiary/aromatic N) is 3. The fraction of sp³-hybridized carbons (Fsp3) is 0.632. The zero-order valence-electron chi connectivity index (χ0n) is 17.4. The van der Waals surface area contributed by atoms with Gasteiger partial charge in [0.15, 0.2) is 0 Å². The number of sulfonamides is 1. The van der Waals surface area contributed by atoms with Crippen LogP contribution in [0.1, 0.15) is 32.6 Å². The van der Waals surface area contributed by atoms with Crippen LogP contribution in [-0.2, 0) is 19.6 Å². The SMILES string of the molecule is CC1CCC2(CC1)NC(=O)N(NC(=O)CN1CCN(S(=O)(=O)c3cccs3)CC1)C2=O. The molecule has 2 N–H and O–H groups in total. The predicted molar refractivity (Wildman–Crippen MR) is 113 cm³/mol. The molecule has 10 nitrogen and oxygen atoms in total. The van der Waals surface area contributed by atoms with Crippen LogP contribution in [-0.4, -0.2) is 78.7 Å². The third kappa shape index (κ3) is 4.34. The molecule has 170 valence electrons. The number of carbonyl (C=O) groups excluding carboxylic acids is 3. The van der Waals surface area contributed by atoms with Crippen molar-refractivity contribution in [2.45, 2.75) is 42.4 Å². The Bertz CT molecular complexity index is 948. The molecule has 2 saturated heterocycles. The topological polar surface area (TPSA) is 119 Å². The van der Waals surface area contributed by atoms with Gasteiger partial charge in [0.1, 0.15) is 9.75 Å². The lowest BCUT2D eigenvalue weighted by Crippen LogP contribution is -2.55. The number of hydrogen-bond acceptors (Lipinski definition) is 7. The van der Waals surface area contributed by atoms with E-state index >= 15 is 0 Å². The summed E-state index contributed by atoms with van der Waals surface area (Å²) in [5, 5.41) is 5.30. The number of piperazine rings is 1. The Morgan fingerprint density at radius 1 is 1.23 bits per heavy atom. The highest BCUT2D eigenvalue weighted by molar-refractivity contribution is 7.91. The number of hydrogen-bond donors (Lipinski definition) is 2. The van der Waals surface area contributed by atoms with Crippen LogP contribution >= 0.6 is 11.3 Å². The minimum Gasteiger partial charge on any atom is -0.322 e. The lowest BCUT2D eigenvalue weighted by molar-refractivity contribution is -0.140. The summed E-state index contributed by atoms with van der Waals surface area (Å²) < 4.78 is 26.9. The van der Waals surface area contributed by atoms with Crippen molar-refractivity contribution in [3.63, 3.8) is 0 Å². The van der Waals surface area contributed by atoms with Gasteiger partial charge in [0.25, 0.3) is 21.8 Å². The molecule has 12 heteroatoms. The highest BCUT2D eigenvalue weighted by atomic mass is 32.2. The molecule has 1 spiro atoms. The summed E-state index contributed by atoms with van der Waals surface area (Å²) in [6.45, 7) is 3.43. The average molecular weight is 470 g/mol. The molecule has 0 radical (unpaired) electrons. The van der Waals surface area contributed by atoms with Gasteiger partial charge in [-0.05, 0) is 43.0 Å². The Labute approximate surface area is 185 Å². The summed E-state index contributed by atoms with van der Waals surface area (Å²) in [4.78, 5) is 39.5. The van der Waals surface area contributed by atoms with Gasteiger partial charge in [-0.2, -0.15) is 9.31 Å². The molecule has 1 saturated carbocycles. The molecule has 0 atom stereocenters. The first-order chi connectivity index (χ1) is 14.7. The molecule has 2 aliphatic heterocycles. The van der Waals surface area contributed by atoms with Gasteiger partial charge in [0.05, 0.1) is 6.54 Å². The van der Waals surface area contributed by atoms with Crippen LogP contribution in [0, 0.1) is 5.92 Å². The molecule has 0 aromatic carbocycles. The van der Waals surface area contributed by atoms with Crippen molar-refractivity contribution in [2.75, 3.05) is 32.7 Å². The maximum absolute atomic E-state index is 12.8. The standard InChI is InChI=1S/C19H27N5O5S2/c1-14-4-6-19(7-5-14)17(26)24(18(27)20-19)21-15(25)13-22-8-10-23(11-9-22)31(28,29)16-3-2-12-30-16/h2-3,12,14H,4-11,13H2,1H3,(H,20,27)(H,21,25). The van der Waals surface area contributed by atoms with Crippen LogP contribution in [0.4, 0.5) is 4.79 Å². The van der Waals surface area contributed by atoms with E-state index < -0.39 is 33.4 Å². The first-order valence-corrected chi connectivity index (χ1v) is 12.8. The Balaban J connectivity index is 1.29. The van der Waals surface area contributed by atoms with Crippen LogP contribution < -0.4 is 10.7 Å². The van der Waals surface area contributed by atoms with E-state index in [1.165, 1.54) is 15.6 Å². The number of carbonyl (C=O) groups is 3. The summed E-state index contributed by atoms with van der Waals surface area (Å²) >= 11 is 1.18. The number of amides is 4. The molecule has 3 fully saturated rings. The van der Waals surface area contributed by atoms with Gasteiger partial charge in [-0.25, -0.2) is 13.2 Å². The van der Waals surface area contributed by atoms with Gasteiger partial charge in [0.2, 0.25) is 0 Å². The lowest BCUT2D eigenvalue weighted by atomic mass is 9.77. The largest absolute Gasteiger partial charge is 0.344 e. The molecule has 3 heterocycles. The van der Waals surface area contributed by atoms with E-state index in [4.69, 9.17) is 0 Å². The lowest BCUT2D eigenvalue weighted by Gasteiger charge is -2.34. The second kappa shape index (κ2) is 8.49. The number of imide groups is 1. The number of hydrazine groups is 1. The molecule has 1 aromatic rings. The highest BCUT2D eigenvalue weighted by Crippen LogP contribution is 2.35. The molecule has 1 aliphatic carbocycles. The normalized spacial score (nSPS) is 28.2. The van der Waals surface area contributed by atoms with Crippen molar-refractivity contribution in [3.05, 3.63) is 17.5 Å². The van der Waals surface area contributed by atoms with E-state index in [1.54, 1.807) is 17.5 Å². The Morgan fingerprint density at radius 2 is 1.90 bits per heavy atom. The number of thiophene rings is 1. The minimum absolute atomic E-state index is 0.0199. The number of rotatable bonds is 5. The number of nitrogens with one attached hydrogen (secondary N) is 2. The van der Waals surface area contributed by atoms with Crippen molar-refractivity contribution in [2.24, 2.45) is 5.92 Å². The average Bonchev–Trinajstić information content (AvgIpc) is 3.36. The molecule has 4 rings (SSSR count). The molecule has 31 heavy (non-hydrogen) atoms. The van der Waals surface area contributed by atoms with E-state index in [9.17, 15) is 22.8 Å². The molecule has 0 bridgehead atoms. The van der Waals surface area contributed by atoms with Gasteiger partial charge in [-0.15, -0.1) is 11.3 Å². The maximum Gasteiger partial charge on any atom is 0.344 e. The van der Waals surface area contributed by atoms with Gasteiger partial charge in [-0.3, -0.25) is 19.9 Å². The number of urea groups is 1. The Kier molecular flexibility index (Phi) is 6.08. The van der Waals surface area contributed by atoms with E-state index in [1.807, 2.05) is 4.90 Å². The van der Waals surface area contributed by atoms with Crippen LogP contribution in [0.25, 0.3) is 0 Å². The van der Waals surface area contributed by atoms with Gasteiger partial charge in [-0.1, -0.05) is 13.0 Å². The molecule has 0 unspecified atom stereocenters. The predicted octanol–water partition coefficient (Wildman–Crippen LogP) is 0.586. The first kappa shape index (κ1) is 22.2. The quantitative estimate of drug-likeness (QED) is 0.609. The molecular weight excluding hydrogens is 442 g/mol. The van der Waals surface area contributed by atoms with Crippen LogP contribution in [0.3, 0.4) is 0 Å². The van der Waals surface area contributed by atoms with Gasteiger partial charge < -0.3 is 5.32 Å². The Morgan fingerprint density at radius 3 is 2.52 bits per heavy atom. The van der Waals surface area contributed by atoms with Crippen molar-refractivity contribution in [1.29, 1.82) is 0 Å². The molecule has 4 amide bonds. The zero-order valence-corrected chi connectivity index (χ0v) is 19.0. The first-order valence-electron chi connectivity index (χ1n) is 10.4. The summed E-state index contributed by atoms with van der Waals surface area (Å²) in [7, 11) is -3.50. The fourth-order valence-corrected chi connectivity index (χ4v) is 6.91. The summed E-state index contributed by atoms with van der Waals surface area (Å²) in [6.07, 6.45) is 2.86. The van der Waals surface area contributed by atoms with Gasteiger partial charge >= 0.3 is 6.03 Å². The third-order valence-electron chi connectivity index (χ3n) is 6.31. The maximum atomic E-state index is 12.8. The van der Waals surface area contributed by atoms with Crippen molar-refractivity contribution in [1.82, 2.24) is 25.0 Å². The third-order valence-corrected chi connectivity index (χ3v) is 9.59. The minimum atomic E-state index is -3.50. The molecule has 3 aliphatic rings. The van der Waals surface area contributed by atoms with Crippen LogP contribution in [0.2, 0.25) is 0 Å². The molecular formula is C19H27N5O5S2. The smallest absolute Gasteiger partial charge is 0.322 e. The summed E-state index contributed by atoms with van der Waals surface area (Å²) in [5.74, 6) is -0.356. The Hall–Kier alpha value is -2.02. The van der Waals surface area contributed by atoms with E-state index in [0.29, 0.717) is 36.1 Å². The summed E-state index contributed by atoms with van der Waals surface area (Å²) in [6, 6.07) is 2.68. The van der Waals surface area contributed by atoms with E-state index in [2.05, 4.69) is 17.7 Å². The fourth-order valence-electron chi connectivity index (χ4n) is 4.34. The van der Waals surface area contributed by atoms with Crippen LogP contribution in [0.15, 0.2) is 21.7 Å². The van der Waals surface area contributed by atoms with E-state index in [0.717, 1.165) is 17.9 Å². The second-order valence-electron chi connectivity index (χ2n) is 8.48. The molecule has 1 aromatic heterocycles. The zero-order chi connectivity index (χ0) is 22.2. The second-order valence-corrected chi connectivity index (χ2v) is 11.6. The van der Waals surface area contributed by atoms with Crippen molar-refractivity contribution in [3.8, 4) is 0 Å². The summed E-state index contributed by atoms with van der Waals surface area (Å²) in [5.41, 5.74) is 1.53. The van der Waals surface area contributed by atoms with Crippen LogP contribution in [0.5, 0.6) is 0 Å². The van der Waals surface area contributed by atoms with Crippen molar-refractivity contribution < 1.29 is 22.8 Å². The van der Waals surface area contributed by atoms with Crippen molar-refractivity contribution >= 4 is 39.2 Å². The van der Waals surface area contributed by atoms with E-state index in [-0.39, 0.29) is 19.6 Å².